The van der Waals surface area contributed by atoms with Gasteiger partial charge in [-0.1, -0.05) is 48.5 Å². The fraction of sp³-hybridized carbons (Fsp3) is 0.368. The number of benzene rings is 2. The molecule has 0 aromatic heterocycles. The van der Waals surface area contributed by atoms with Gasteiger partial charge in [0.25, 0.3) is 0 Å². The zero-order valence-corrected chi connectivity index (χ0v) is 14.5. The molecule has 0 unspecified atom stereocenters. The molecule has 0 radical (unpaired) electrons. The molecule has 3 rings (SSSR count). The predicted octanol–water partition coefficient (Wildman–Crippen LogP) is 3.10. The second kappa shape index (κ2) is 7.81. The summed E-state index contributed by atoms with van der Waals surface area (Å²) in [7, 11) is -3.20. The third-order valence-corrected chi connectivity index (χ3v) is 6.20. The molecule has 1 fully saturated rings. The molecule has 0 saturated carbocycles. The minimum Gasteiger partial charge on any atom is -0.490 e. The Morgan fingerprint density at radius 2 is 1.50 bits per heavy atom. The van der Waals surface area contributed by atoms with Gasteiger partial charge in [0.1, 0.15) is 11.9 Å². The van der Waals surface area contributed by atoms with Gasteiger partial charge in [-0.3, -0.25) is 0 Å². The highest BCUT2D eigenvalue weighted by molar-refractivity contribution is 7.89. The zero-order valence-electron chi connectivity index (χ0n) is 13.7. The van der Waals surface area contributed by atoms with Crippen molar-refractivity contribution in [3.8, 4) is 5.75 Å². The highest BCUT2D eigenvalue weighted by Crippen LogP contribution is 2.20. The fourth-order valence-corrected chi connectivity index (χ4v) is 4.46. The number of nitrogens with zero attached hydrogens (tertiary/aromatic N) is 1. The van der Waals surface area contributed by atoms with Gasteiger partial charge in [0.2, 0.25) is 10.0 Å². The van der Waals surface area contributed by atoms with E-state index in [9.17, 15) is 8.42 Å². The zero-order chi connectivity index (χ0) is 16.8. The second-order valence-corrected chi connectivity index (χ2v) is 8.17. The summed E-state index contributed by atoms with van der Waals surface area (Å²) in [4.78, 5) is 0. The highest BCUT2D eigenvalue weighted by atomic mass is 32.2. The molecule has 128 valence electrons. The molecule has 1 heterocycles. The van der Waals surface area contributed by atoms with E-state index in [1.165, 1.54) is 0 Å². The monoisotopic (exact) mass is 345 g/mol. The van der Waals surface area contributed by atoms with Crippen molar-refractivity contribution in [2.75, 3.05) is 18.8 Å². The van der Waals surface area contributed by atoms with Gasteiger partial charge in [0, 0.05) is 13.1 Å². The van der Waals surface area contributed by atoms with Gasteiger partial charge in [0.15, 0.2) is 0 Å². The normalized spacial score (nSPS) is 16.8. The standard InChI is InChI=1S/C19H23NO3S/c21-24(22,16-13-17-7-3-1-4-8-17)20-14-11-19(12-15-20)23-18-9-5-2-6-10-18/h1-10,19H,11-16H2. The van der Waals surface area contributed by atoms with Crippen LogP contribution in [0.4, 0.5) is 0 Å². The third kappa shape index (κ3) is 4.58. The first-order valence-corrected chi connectivity index (χ1v) is 9.98. The summed E-state index contributed by atoms with van der Waals surface area (Å²) in [6.07, 6.45) is 2.12. The van der Waals surface area contributed by atoms with E-state index in [4.69, 9.17) is 4.74 Å². The van der Waals surface area contributed by atoms with Crippen molar-refractivity contribution in [3.05, 3.63) is 66.2 Å². The van der Waals surface area contributed by atoms with Crippen molar-refractivity contribution in [2.45, 2.75) is 25.4 Å². The maximum atomic E-state index is 12.5. The van der Waals surface area contributed by atoms with Gasteiger partial charge in [-0.15, -0.1) is 0 Å². The average Bonchev–Trinajstić information content (AvgIpc) is 2.62. The number of hydrogen-bond donors (Lipinski definition) is 0. The van der Waals surface area contributed by atoms with Crippen LogP contribution in [-0.4, -0.2) is 37.7 Å². The Morgan fingerprint density at radius 1 is 0.917 bits per heavy atom. The SMILES string of the molecule is O=S(=O)(CCc1ccccc1)N1CCC(Oc2ccccc2)CC1. The molecule has 0 aliphatic carbocycles. The Hall–Kier alpha value is -1.85. The summed E-state index contributed by atoms with van der Waals surface area (Å²) in [6.45, 7) is 1.07. The van der Waals surface area contributed by atoms with Gasteiger partial charge in [-0.25, -0.2) is 12.7 Å². The molecule has 0 N–H and O–H groups in total. The minimum absolute atomic E-state index is 0.0907. The van der Waals surface area contributed by atoms with Crippen molar-refractivity contribution in [1.29, 1.82) is 0 Å². The van der Waals surface area contributed by atoms with E-state index in [1.54, 1.807) is 4.31 Å². The number of hydrogen-bond acceptors (Lipinski definition) is 3. The molecule has 1 aliphatic heterocycles. The topological polar surface area (TPSA) is 46.6 Å². The first kappa shape index (κ1) is 17.0. The summed E-state index contributed by atoms with van der Waals surface area (Å²) in [6, 6.07) is 19.5. The highest BCUT2D eigenvalue weighted by Gasteiger charge is 2.28. The van der Waals surface area contributed by atoms with Crippen LogP contribution in [0.25, 0.3) is 0 Å². The molecule has 24 heavy (non-hydrogen) atoms. The van der Waals surface area contributed by atoms with Crippen LogP contribution in [-0.2, 0) is 16.4 Å². The van der Waals surface area contributed by atoms with Gasteiger partial charge in [0.05, 0.1) is 5.75 Å². The van der Waals surface area contributed by atoms with Gasteiger partial charge in [-0.05, 0) is 37.0 Å². The molecule has 5 heteroatoms. The molecule has 1 aliphatic rings. The van der Waals surface area contributed by atoms with Crippen LogP contribution in [0.15, 0.2) is 60.7 Å². The van der Waals surface area contributed by atoms with Gasteiger partial charge < -0.3 is 4.74 Å². The predicted molar refractivity (Wildman–Crippen MR) is 95.6 cm³/mol. The number of aryl methyl sites for hydroxylation is 1. The lowest BCUT2D eigenvalue weighted by Crippen LogP contribution is -2.42. The van der Waals surface area contributed by atoms with Crippen LogP contribution in [0.5, 0.6) is 5.75 Å². The molecule has 2 aromatic rings. The summed E-state index contributed by atoms with van der Waals surface area (Å²) in [5, 5.41) is 0. The van der Waals surface area contributed by atoms with Crippen molar-refractivity contribution in [3.63, 3.8) is 0 Å². The molecule has 4 nitrogen and oxygen atoms in total. The number of sulfonamides is 1. The summed E-state index contributed by atoms with van der Waals surface area (Å²) in [5.41, 5.74) is 1.06. The third-order valence-electron chi connectivity index (χ3n) is 4.33. The maximum absolute atomic E-state index is 12.5. The van der Waals surface area contributed by atoms with Gasteiger partial charge >= 0.3 is 0 Å². The van der Waals surface area contributed by atoms with E-state index in [1.807, 2.05) is 60.7 Å². The first-order valence-electron chi connectivity index (χ1n) is 8.37. The first-order chi connectivity index (χ1) is 11.6. The summed E-state index contributed by atoms with van der Waals surface area (Å²) in [5.74, 6) is 1.02. The lowest BCUT2D eigenvalue weighted by Gasteiger charge is -2.31. The van der Waals surface area contributed by atoms with E-state index in [0.29, 0.717) is 19.5 Å². The number of para-hydroxylation sites is 1. The second-order valence-electron chi connectivity index (χ2n) is 6.08. The lowest BCUT2D eigenvalue weighted by atomic mass is 10.1. The lowest BCUT2D eigenvalue weighted by molar-refractivity contribution is 0.135. The van der Waals surface area contributed by atoms with Crippen molar-refractivity contribution < 1.29 is 13.2 Å². The number of piperidine rings is 1. The van der Waals surface area contributed by atoms with Crippen LogP contribution >= 0.6 is 0 Å². The van der Waals surface area contributed by atoms with Crippen LogP contribution in [0.2, 0.25) is 0 Å². The Labute approximate surface area is 144 Å². The summed E-state index contributed by atoms with van der Waals surface area (Å²) >= 11 is 0. The largest absolute Gasteiger partial charge is 0.490 e. The van der Waals surface area contributed by atoms with E-state index in [2.05, 4.69) is 0 Å². The number of ether oxygens (including phenoxy) is 1. The maximum Gasteiger partial charge on any atom is 0.214 e. The minimum atomic E-state index is -3.20. The van der Waals surface area contributed by atoms with E-state index in [0.717, 1.165) is 24.2 Å². The molecule has 2 aromatic carbocycles. The molecule has 0 atom stereocenters. The van der Waals surface area contributed by atoms with E-state index < -0.39 is 10.0 Å². The Balaban J connectivity index is 1.50. The van der Waals surface area contributed by atoms with Crippen molar-refractivity contribution >= 4 is 10.0 Å². The van der Waals surface area contributed by atoms with Crippen LogP contribution in [0, 0.1) is 0 Å². The van der Waals surface area contributed by atoms with Gasteiger partial charge in [-0.2, -0.15) is 0 Å². The molecule has 0 amide bonds. The Bertz CT molecular complexity index is 724. The molecule has 0 spiro atoms. The fourth-order valence-electron chi connectivity index (χ4n) is 2.94. The molecule has 1 saturated heterocycles. The van der Waals surface area contributed by atoms with Crippen molar-refractivity contribution in [2.24, 2.45) is 0 Å². The smallest absolute Gasteiger partial charge is 0.214 e. The van der Waals surface area contributed by atoms with E-state index in [-0.39, 0.29) is 11.9 Å². The van der Waals surface area contributed by atoms with Crippen LogP contribution in [0.1, 0.15) is 18.4 Å². The Morgan fingerprint density at radius 3 is 2.12 bits per heavy atom. The molecular formula is C19H23NO3S. The van der Waals surface area contributed by atoms with Crippen molar-refractivity contribution in [1.82, 2.24) is 4.31 Å². The van der Waals surface area contributed by atoms with Crippen LogP contribution in [0.3, 0.4) is 0 Å². The summed E-state index contributed by atoms with van der Waals surface area (Å²) < 4.78 is 32.6. The molecular weight excluding hydrogens is 322 g/mol. The molecule has 0 bridgehead atoms. The van der Waals surface area contributed by atoms with E-state index >= 15 is 0 Å². The average molecular weight is 345 g/mol. The quantitative estimate of drug-likeness (QED) is 0.808. The number of rotatable bonds is 6. The Kier molecular flexibility index (Phi) is 5.53. The van der Waals surface area contributed by atoms with Crippen LogP contribution < -0.4 is 4.74 Å².